The van der Waals surface area contributed by atoms with E-state index in [0.717, 1.165) is 16.8 Å². The minimum Gasteiger partial charge on any atom is -0.259 e. The first-order valence-corrected chi connectivity index (χ1v) is 4.78. The molecule has 0 spiro atoms. The molecule has 0 aromatic carbocycles. The summed E-state index contributed by atoms with van der Waals surface area (Å²) in [5.74, 6) is -0.510. The van der Waals surface area contributed by atoms with Crippen molar-refractivity contribution < 1.29 is 4.39 Å². The van der Waals surface area contributed by atoms with Gasteiger partial charge >= 0.3 is 0 Å². The van der Waals surface area contributed by atoms with E-state index in [1.807, 2.05) is 6.92 Å². The van der Waals surface area contributed by atoms with Gasteiger partial charge in [-0.1, -0.05) is 11.6 Å². The van der Waals surface area contributed by atoms with Crippen molar-refractivity contribution in [1.82, 2.24) is 9.97 Å². The molecule has 2 rings (SSSR count). The summed E-state index contributed by atoms with van der Waals surface area (Å²) in [6.07, 6.45) is 3.08. The van der Waals surface area contributed by atoms with E-state index in [9.17, 15) is 4.39 Å². The van der Waals surface area contributed by atoms with Crippen LogP contribution in [-0.2, 0) is 0 Å². The predicted octanol–water partition coefficient (Wildman–Crippen LogP) is 3.24. The lowest BCUT2D eigenvalue weighted by Crippen LogP contribution is -1.87. The lowest BCUT2D eigenvalue weighted by Gasteiger charge is -2.03. The summed E-state index contributed by atoms with van der Waals surface area (Å²) in [5, 5.41) is 0.574. The SMILES string of the molecule is Cc1ncc(-c2ccnc(F)c2)cc1Cl. The molecule has 2 heterocycles. The number of nitrogens with zero attached hydrogens (tertiary/aromatic N) is 2. The van der Waals surface area contributed by atoms with Crippen LogP contribution in [-0.4, -0.2) is 9.97 Å². The molecular formula is C11H8ClFN2. The molecule has 0 radical (unpaired) electrons. The highest BCUT2D eigenvalue weighted by Crippen LogP contribution is 2.23. The second-order valence-electron chi connectivity index (χ2n) is 3.16. The second kappa shape index (κ2) is 3.95. The molecule has 0 fully saturated rings. The van der Waals surface area contributed by atoms with Crippen LogP contribution in [0, 0.1) is 12.9 Å². The first kappa shape index (κ1) is 10.1. The monoisotopic (exact) mass is 222 g/mol. The third-order valence-electron chi connectivity index (χ3n) is 2.09. The molecule has 0 aliphatic rings. The molecule has 0 saturated heterocycles. The Kier molecular flexibility index (Phi) is 2.64. The largest absolute Gasteiger partial charge is 0.259 e. The number of hydrogen-bond acceptors (Lipinski definition) is 2. The highest BCUT2D eigenvalue weighted by atomic mass is 35.5. The van der Waals surface area contributed by atoms with Gasteiger partial charge in [-0.25, -0.2) is 4.98 Å². The van der Waals surface area contributed by atoms with Gasteiger partial charge in [0.05, 0.1) is 10.7 Å². The van der Waals surface area contributed by atoms with Gasteiger partial charge in [-0.3, -0.25) is 4.98 Å². The third kappa shape index (κ3) is 2.13. The smallest absolute Gasteiger partial charge is 0.213 e. The molecule has 0 aliphatic heterocycles. The van der Waals surface area contributed by atoms with E-state index in [0.29, 0.717) is 5.02 Å². The van der Waals surface area contributed by atoms with E-state index < -0.39 is 5.95 Å². The average molecular weight is 223 g/mol. The van der Waals surface area contributed by atoms with Crippen LogP contribution in [0.3, 0.4) is 0 Å². The van der Waals surface area contributed by atoms with Gasteiger partial charge in [0.2, 0.25) is 5.95 Å². The standard InChI is InChI=1S/C11H8ClFN2/c1-7-10(12)4-9(6-15-7)8-2-3-14-11(13)5-8/h2-6H,1H3. The number of aromatic nitrogens is 2. The fourth-order valence-electron chi connectivity index (χ4n) is 1.25. The molecule has 0 aliphatic carbocycles. The molecule has 4 heteroatoms. The number of halogens is 2. The van der Waals surface area contributed by atoms with Gasteiger partial charge in [0.15, 0.2) is 0 Å². The number of hydrogen-bond donors (Lipinski definition) is 0. The summed E-state index contributed by atoms with van der Waals surface area (Å²) >= 11 is 5.93. The van der Waals surface area contributed by atoms with Crippen molar-refractivity contribution in [2.45, 2.75) is 6.92 Å². The molecule has 0 bridgehead atoms. The summed E-state index contributed by atoms with van der Waals surface area (Å²) in [7, 11) is 0. The fraction of sp³-hybridized carbons (Fsp3) is 0.0909. The molecule has 15 heavy (non-hydrogen) atoms. The van der Waals surface area contributed by atoms with Crippen LogP contribution >= 0.6 is 11.6 Å². The molecule has 76 valence electrons. The van der Waals surface area contributed by atoms with Gasteiger partial charge in [0.1, 0.15) is 0 Å². The van der Waals surface area contributed by atoms with E-state index in [1.54, 1.807) is 18.3 Å². The van der Waals surface area contributed by atoms with Gasteiger partial charge < -0.3 is 0 Å². The fourth-order valence-corrected chi connectivity index (χ4v) is 1.41. The predicted molar refractivity (Wildman–Crippen MR) is 57.2 cm³/mol. The lowest BCUT2D eigenvalue weighted by molar-refractivity contribution is 0.584. The van der Waals surface area contributed by atoms with E-state index in [4.69, 9.17) is 11.6 Å². The van der Waals surface area contributed by atoms with Crippen molar-refractivity contribution in [1.29, 1.82) is 0 Å². The van der Waals surface area contributed by atoms with Crippen molar-refractivity contribution in [3.05, 3.63) is 47.3 Å². The van der Waals surface area contributed by atoms with Crippen LogP contribution in [0.4, 0.5) is 4.39 Å². The Morgan fingerprint density at radius 2 is 2.00 bits per heavy atom. The quantitative estimate of drug-likeness (QED) is 0.693. The first-order valence-electron chi connectivity index (χ1n) is 4.41. The summed E-state index contributed by atoms with van der Waals surface area (Å²) in [5.41, 5.74) is 2.26. The Morgan fingerprint density at radius 3 is 2.67 bits per heavy atom. The van der Waals surface area contributed by atoms with E-state index in [1.165, 1.54) is 12.3 Å². The maximum absolute atomic E-state index is 12.9. The molecule has 0 atom stereocenters. The van der Waals surface area contributed by atoms with Crippen LogP contribution in [0.5, 0.6) is 0 Å². The zero-order valence-electron chi connectivity index (χ0n) is 8.04. The summed E-state index contributed by atoms with van der Waals surface area (Å²) < 4.78 is 12.9. The zero-order valence-corrected chi connectivity index (χ0v) is 8.79. The average Bonchev–Trinajstić information content (AvgIpc) is 2.22. The number of rotatable bonds is 1. The van der Waals surface area contributed by atoms with Gasteiger partial charge in [0.25, 0.3) is 0 Å². The molecular weight excluding hydrogens is 215 g/mol. The van der Waals surface area contributed by atoms with Gasteiger partial charge in [0, 0.05) is 24.0 Å². The Labute approximate surface area is 91.8 Å². The third-order valence-corrected chi connectivity index (χ3v) is 2.47. The van der Waals surface area contributed by atoms with Gasteiger partial charge in [-0.05, 0) is 24.6 Å². The molecule has 0 saturated carbocycles. The van der Waals surface area contributed by atoms with E-state index >= 15 is 0 Å². The van der Waals surface area contributed by atoms with Crippen molar-refractivity contribution in [3.8, 4) is 11.1 Å². The van der Waals surface area contributed by atoms with Crippen LogP contribution in [0.2, 0.25) is 5.02 Å². The highest BCUT2D eigenvalue weighted by molar-refractivity contribution is 6.31. The first-order chi connectivity index (χ1) is 7.16. The van der Waals surface area contributed by atoms with Crippen LogP contribution in [0.15, 0.2) is 30.6 Å². The topological polar surface area (TPSA) is 25.8 Å². The molecule has 0 unspecified atom stereocenters. The number of pyridine rings is 2. The minimum atomic E-state index is -0.510. The molecule has 2 aromatic rings. The number of aryl methyl sites for hydroxylation is 1. The Hall–Kier alpha value is -1.48. The van der Waals surface area contributed by atoms with Gasteiger partial charge in [-0.15, -0.1) is 0 Å². The van der Waals surface area contributed by atoms with E-state index in [2.05, 4.69) is 9.97 Å². The normalized spacial score (nSPS) is 10.3. The van der Waals surface area contributed by atoms with Crippen molar-refractivity contribution in [3.63, 3.8) is 0 Å². The van der Waals surface area contributed by atoms with Crippen molar-refractivity contribution in [2.24, 2.45) is 0 Å². The molecule has 0 amide bonds. The second-order valence-corrected chi connectivity index (χ2v) is 3.57. The summed E-state index contributed by atoms with van der Waals surface area (Å²) in [6.45, 7) is 1.82. The minimum absolute atomic E-state index is 0.510. The van der Waals surface area contributed by atoms with E-state index in [-0.39, 0.29) is 0 Å². The molecule has 2 aromatic heterocycles. The lowest BCUT2D eigenvalue weighted by atomic mass is 10.1. The van der Waals surface area contributed by atoms with Crippen molar-refractivity contribution >= 4 is 11.6 Å². The van der Waals surface area contributed by atoms with Crippen molar-refractivity contribution in [2.75, 3.05) is 0 Å². The Balaban J connectivity index is 2.50. The molecule has 0 N–H and O–H groups in total. The van der Waals surface area contributed by atoms with Crippen LogP contribution in [0.25, 0.3) is 11.1 Å². The molecule has 2 nitrogen and oxygen atoms in total. The zero-order chi connectivity index (χ0) is 10.8. The van der Waals surface area contributed by atoms with Gasteiger partial charge in [-0.2, -0.15) is 4.39 Å². The maximum Gasteiger partial charge on any atom is 0.213 e. The van der Waals surface area contributed by atoms with Crippen LogP contribution < -0.4 is 0 Å². The summed E-state index contributed by atoms with van der Waals surface area (Å²) in [6, 6.07) is 4.83. The van der Waals surface area contributed by atoms with Crippen LogP contribution in [0.1, 0.15) is 5.69 Å². The Morgan fingerprint density at radius 1 is 1.20 bits per heavy atom. The highest BCUT2D eigenvalue weighted by Gasteiger charge is 2.03. The Bertz CT molecular complexity index is 500. The maximum atomic E-state index is 12.9. The summed E-state index contributed by atoms with van der Waals surface area (Å²) in [4.78, 5) is 7.60.